The minimum Gasteiger partial charge on any atom is -0.341 e. The molecule has 0 spiro atoms. The van der Waals surface area contributed by atoms with Crippen LogP contribution in [-0.4, -0.2) is 40.9 Å². The van der Waals surface area contributed by atoms with Gasteiger partial charge in [0.15, 0.2) is 0 Å². The van der Waals surface area contributed by atoms with Gasteiger partial charge < -0.3 is 9.80 Å². The van der Waals surface area contributed by atoms with E-state index in [1.807, 2.05) is 25.2 Å². The van der Waals surface area contributed by atoms with Crippen LogP contribution >= 0.6 is 0 Å². The highest BCUT2D eigenvalue weighted by Crippen LogP contribution is 2.47. The summed E-state index contributed by atoms with van der Waals surface area (Å²) in [6, 6.07) is 20.8. The molecular formula is C28H32N4O. The zero-order chi connectivity index (χ0) is 22.7. The molecule has 5 rings (SSSR count). The predicted octanol–water partition coefficient (Wildman–Crippen LogP) is 5.21. The molecule has 0 radical (unpaired) electrons. The van der Waals surface area contributed by atoms with Crippen LogP contribution in [0.1, 0.15) is 65.7 Å². The van der Waals surface area contributed by atoms with Crippen molar-refractivity contribution < 1.29 is 4.79 Å². The van der Waals surface area contributed by atoms with E-state index < -0.39 is 0 Å². The first-order valence-corrected chi connectivity index (χ1v) is 12.1. The molecule has 1 aliphatic heterocycles. The summed E-state index contributed by atoms with van der Waals surface area (Å²) in [6.07, 6.45) is 8.44. The number of anilines is 1. The Morgan fingerprint density at radius 1 is 0.939 bits per heavy atom. The van der Waals surface area contributed by atoms with Crippen molar-refractivity contribution in [1.82, 2.24) is 14.9 Å². The third-order valence-corrected chi connectivity index (χ3v) is 7.24. The third-order valence-electron chi connectivity index (χ3n) is 7.24. The van der Waals surface area contributed by atoms with Gasteiger partial charge in [-0.3, -0.25) is 4.79 Å². The second kappa shape index (κ2) is 9.34. The Hall–Kier alpha value is -3.21. The van der Waals surface area contributed by atoms with Gasteiger partial charge in [-0.1, -0.05) is 73.5 Å². The highest BCUT2D eigenvalue weighted by molar-refractivity contribution is 5.95. The normalized spacial score (nSPS) is 17.3. The van der Waals surface area contributed by atoms with E-state index in [-0.39, 0.29) is 11.3 Å². The van der Waals surface area contributed by atoms with Gasteiger partial charge in [0, 0.05) is 38.3 Å². The van der Waals surface area contributed by atoms with Crippen molar-refractivity contribution in [3.8, 4) is 0 Å². The summed E-state index contributed by atoms with van der Waals surface area (Å²) >= 11 is 0. The first-order valence-electron chi connectivity index (χ1n) is 12.1. The summed E-state index contributed by atoms with van der Waals surface area (Å²) in [6.45, 7) is 2.53. The lowest BCUT2D eigenvalue weighted by atomic mass is 9.74. The summed E-state index contributed by atoms with van der Waals surface area (Å²) in [5.41, 5.74) is 3.68. The zero-order valence-corrected chi connectivity index (χ0v) is 19.4. The molecule has 2 aliphatic rings. The van der Waals surface area contributed by atoms with E-state index in [0.29, 0.717) is 12.1 Å². The van der Waals surface area contributed by atoms with Gasteiger partial charge in [-0.2, -0.15) is 0 Å². The molecule has 5 nitrogen and oxygen atoms in total. The Labute approximate surface area is 196 Å². The molecule has 1 amide bonds. The maximum atomic E-state index is 13.8. The van der Waals surface area contributed by atoms with Crippen molar-refractivity contribution in [2.24, 2.45) is 0 Å². The van der Waals surface area contributed by atoms with Crippen LogP contribution in [-0.2, 0) is 12.0 Å². The average molecular weight is 441 g/mol. The lowest BCUT2D eigenvalue weighted by molar-refractivity contribution is 0.0781. The predicted molar refractivity (Wildman–Crippen MR) is 131 cm³/mol. The lowest BCUT2D eigenvalue weighted by Crippen LogP contribution is -2.34. The minimum atomic E-state index is -0.239. The fourth-order valence-electron chi connectivity index (χ4n) is 5.50. The number of hydrogen-bond acceptors (Lipinski definition) is 4. The van der Waals surface area contributed by atoms with E-state index in [9.17, 15) is 4.79 Å². The number of carbonyl (C=O) groups excluding carboxylic acids is 1. The van der Waals surface area contributed by atoms with E-state index in [2.05, 4.69) is 47.4 Å². The van der Waals surface area contributed by atoms with E-state index in [4.69, 9.17) is 9.97 Å². The maximum absolute atomic E-state index is 13.8. The van der Waals surface area contributed by atoms with Gasteiger partial charge in [0.1, 0.15) is 0 Å². The second-order valence-corrected chi connectivity index (χ2v) is 9.43. The lowest BCUT2D eigenvalue weighted by Gasteiger charge is -2.32. The van der Waals surface area contributed by atoms with Crippen molar-refractivity contribution >= 4 is 11.9 Å². The van der Waals surface area contributed by atoms with Crippen molar-refractivity contribution in [3.05, 3.63) is 89.2 Å². The molecule has 1 aliphatic carbocycles. The molecule has 2 fully saturated rings. The Morgan fingerprint density at radius 3 is 2.24 bits per heavy atom. The Balaban J connectivity index is 1.58. The van der Waals surface area contributed by atoms with Gasteiger partial charge >= 0.3 is 0 Å². The van der Waals surface area contributed by atoms with Gasteiger partial charge in [-0.05, 0) is 36.8 Å². The van der Waals surface area contributed by atoms with Crippen LogP contribution in [0.4, 0.5) is 5.95 Å². The van der Waals surface area contributed by atoms with Crippen molar-refractivity contribution in [3.63, 3.8) is 0 Å². The number of carbonyl (C=O) groups is 1. The Bertz CT molecular complexity index is 1090. The van der Waals surface area contributed by atoms with Crippen LogP contribution in [0, 0.1) is 0 Å². The van der Waals surface area contributed by atoms with Crippen molar-refractivity contribution in [2.75, 3.05) is 25.0 Å². The van der Waals surface area contributed by atoms with Gasteiger partial charge in [-0.15, -0.1) is 0 Å². The van der Waals surface area contributed by atoms with Crippen molar-refractivity contribution in [2.45, 2.75) is 50.5 Å². The Kier molecular flexibility index (Phi) is 6.12. The van der Waals surface area contributed by atoms with Gasteiger partial charge in [0.25, 0.3) is 5.91 Å². The molecule has 0 N–H and O–H groups in total. The molecule has 1 aromatic heterocycles. The van der Waals surface area contributed by atoms with Gasteiger partial charge in [0.05, 0.1) is 11.3 Å². The topological polar surface area (TPSA) is 49.3 Å². The summed E-state index contributed by atoms with van der Waals surface area (Å²) in [5.74, 6) is 0.760. The van der Waals surface area contributed by atoms with Crippen molar-refractivity contribution in [1.29, 1.82) is 0 Å². The van der Waals surface area contributed by atoms with Crippen LogP contribution in [0.5, 0.6) is 0 Å². The zero-order valence-electron chi connectivity index (χ0n) is 19.4. The molecular weight excluding hydrogens is 408 g/mol. The molecule has 5 heteroatoms. The number of rotatable bonds is 6. The van der Waals surface area contributed by atoms with E-state index in [0.717, 1.165) is 56.0 Å². The van der Waals surface area contributed by atoms with E-state index in [1.54, 1.807) is 11.1 Å². The summed E-state index contributed by atoms with van der Waals surface area (Å²) < 4.78 is 0. The number of amides is 1. The SMILES string of the molecule is CN(Cc1ccccc1)C(=O)c1cnc(N2CCCC2)nc1C1(c2ccccc2)CCCC1. The molecule has 0 atom stereocenters. The number of aromatic nitrogens is 2. The summed E-state index contributed by atoms with van der Waals surface area (Å²) in [7, 11) is 1.87. The number of benzene rings is 2. The highest BCUT2D eigenvalue weighted by atomic mass is 16.2. The highest BCUT2D eigenvalue weighted by Gasteiger charge is 2.42. The first-order chi connectivity index (χ1) is 16.2. The Morgan fingerprint density at radius 2 is 1.58 bits per heavy atom. The summed E-state index contributed by atoms with van der Waals surface area (Å²) in [4.78, 5) is 27.7. The third kappa shape index (κ3) is 4.24. The van der Waals surface area contributed by atoms with Crippen LogP contribution in [0.3, 0.4) is 0 Å². The fourth-order valence-corrected chi connectivity index (χ4v) is 5.50. The maximum Gasteiger partial charge on any atom is 0.257 e. The molecule has 0 bridgehead atoms. The van der Waals surface area contributed by atoms with Crippen LogP contribution < -0.4 is 4.90 Å². The largest absolute Gasteiger partial charge is 0.341 e. The van der Waals surface area contributed by atoms with Crippen LogP contribution in [0.2, 0.25) is 0 Å². The number of nitrogens with zero attached hydrogens (tertiary/aromatic N) is 4. The molecule has 33 heavy (non-hydrogen) atoms. The smallest absolute Gasteiger partial charge is 0.257 e. The quantitative estimate of drug-likeness (QED) is 0.528. The molecule has 3 aromatic rings. The molecule has 2 heterocycles. The minimum absolute atomic E-state index is 0.0102. The molecule has 2 aromatic carbocycles. The van der Waals surface area contributed by atoms with Gasteiger partial charge in [0.2, 0.25) is 5.95 Å². The van der Waals surface area contributed by atoms with Crippen LogP contribution in [0.15, 0.2) is 66.9 Å². The van der Waals surface area contributed by atoms with E-state index in [1.165, 1.54) is 18.4 Å². The van der Waals surface area contributed by atoms with Gasteiger partial charge in [-0.25, -0.2) is 9.97 Å². The molecule has 1 saturated carbocycles. The van der Waals surface area contributed by atoms with Crippen LogP contribution in [0.25, 0.3) is 0 Å². The first kappa shape index (κ1) is 21.6. The average Bonchev–Trinajstić information content (AvgIpc) is 3.58. The molecule has 170 valence electrons. The molecule has 1 saturated heterocycles. The number of hydrogen-bond donors (Lipinski definition) is 0. The second-order valence-electron chi connectivity index (χ2n) is 9.43. The molecule has 0 unspecified atom stereocenters. The summed E-state index contributed by atoms with van der Waals surface area (Å²) in [5, 5.41) is 0. The monoisotopic (exact) mass is 440 g/mol. The van der Waals surface area contributed by atoms with E-state index >= 15 is 0 Å². The standard InChI is InChI=1S/C28H32N4O/c1-31(21-22-12-4-2-5-13-22)26(33)24-20-29-27(32-18-10-11-19-32)30-25(24)28(16-8-9-17-28)23-14-6-3-7-15-23/h2-7,12-15,20H,8-11,16-19,21H2,1H3. The fraction of sp³-hybridized carbons (Fsp3) is 0.393.